The molecule has 4 aromatic rings. The summed E-state index contributed by atoms with van der Waals surface area (Å²) >= 11 is 0. The number of carbonyl (C=O) groups excluding carboxylic acids is 1. The Bertz CT molecular complexity index is 1390. The third kappa shape index (κ3) is 4.96. The summed E-state index contributed by atoms with van der Waals surface area (Å²) < 4.78 is 30.7. The molecule has 0 saturated heterocycles. The molecular weight excluding hydrogens is 438 g/mol. The van der Waals surface area contributed by atoms with Crippen molar-refractivity contribution in [3.05, 3.63) is 84.4 Å². The Morgan fingerprint density at radius 3 is 2.09 bits per heavy atom. The van der Waals surface area contributed by atoms with Crippen LogP contribution < -0.4 is 14.5 Å². The van der Waals surface area contributed by atoms with E-state index in [0.29, 0.717) is 11.4 Å². The van der Waals surface area contributed by atoms with Gasteiger partial charge in [-0.15, -0.1) is 0 Å². The van der Waals surface area contributed by atoms with Crippen LogP contribution >= 0.6 is 0 Å². The maximum absolute atomic E-state index is 12.6. The molecule has 0 unspecified atom stereocenters. The fourth-order valence-electron chi connectivity index (χ4n) is 3.67. The van der Waals surface area contributed by atoms with Gasteiger partial charge in [-0.3, -0.25) is 9.10 Å². The normalized spacial score (nSPS) is 11.7. The summed E-state index contributed by atoms with van der Waals surface area (Å²) in [6.07, 6.45) is 2.65. The van der Waals surface area contributed by atoms with Crippen molar-refractivity contribution in [2.45, 2.75) is 0 Å². The third-order valence-electron chi connectivity index (χ3n) is 5.24. The molecule has 0 bridgehead atoms. The van der Waals surface area contributed by atoms with E-state index in [2.05, 4.69) is 16.6 Å². The van der Waals surface area contributed by atoms with Gasteiger partial charge < -0.3 is 4.74 Å². The van der Waals surface area contributed by atoms with Crippen LogP contribution in [0.15, 0.2) is 84.0 Å². The zero-order valence-electron chi connectivity index (χ0n) is 18.2. The Hall–Kier alpha value is -3.91. The predicted molar refractivity (Wildman–Crippen MR) is 132 cm³/mol. The van der Waals surface area contributed by atoms with Gasteiger partial charge in [0.15, 0.2) is 0 Å². The molecule has 0 spiro atoms. The molecular formula is C25H23N3O4S. The van der Waals surface area contributed by atoms with Crippen molar-refractivity contribution in [1.29, 1.82) is 0 Å². The second kappa shape index (κ2) is 9.30. The number of hydrogen-bond acceptors (Lipinski definition) is 5. The van der Waals surface area contributed by atoms with E-state index in [4.69, 9.17) is 4.74 Å². The summed E-state index contributed by atoms with van der Waals surface area (Å²) in [4.78, 5) is 12.6. The molecule has 0 aliphatic rings. The lowest BCUT2D eigenvalue weighted by Crippen LogP contribution is -2.39. The zero-order chi connectivity index (χ0) is 23.4. The molecule has 0 saturated carbocycles. The molecule has 0 aromatic heterocycles. The number of ether oxygens (including phenoxy) is 1. The molecule has 0 aliphatic heterocycles. The summed E-state index contributed by atoms with van der Waals surface area (Å²) in [5, 5.41) is 8.27. The van der Waals surface area contributed by atoms with Gasteiger partial charge >= 0.3 is 0 Å². The quantitative estimate of drug-likeness (QED) is 0.257. The highest BCUT2D eigenvalue weighted by atomic mass is 32.2. The van der Waals surface area contributed by atoms with E-state index in [1.807, 2.05) is 48.5 Å². The van der Waals surface area contributed by atoms with Crippen molar-refractivity contribution in [2.24, 2.45) is 5.10 Å². The molecule has 0 atom stereocenters. The minimum absolute atomic E-state index is 0.359. The Balaban J connectivity index is 1.57. The average Bonchev–Trinajstić information content (AvgIpc) is 2.81. The SMILES string of the molecule is COc1ccc(N(CC(=O)N/N=C/c2c3ccccc3cc3ccccc23)S(C)(=O)=O)cc1. The summed E-state index contributed by atoms with van der Waals surface area (Å²) in [6.45, 7) is -0.404. The molecule has 1 amide bonds. The summed E-state index contributed by atoms with van der Waals surface area (Å²) in [7, 11) is -2.17. The Kier molecular flexibility index (Phi) is 6.28. The van der Waals surface area contributed by atoms with Crippen LogP contribution in [0.25, 0.3) is 21.5 Å². The number of amides is 1. The summed E-state index contributed by atoms with van der Waals surface area (Å²) in [5.74, 6) is 0.0283. The van der Waals surface area contributed by atoms with Crippen molar-refractivity contribution >= 4 is 49.4 Å². The number of sulfonamides is 1. The first kappa shape index (κ1) is 22.3. The van der Waals surface area contributed by atoms with Gasteiger partial charge in [0.05, 0.1) is 25.3 Å². The number of fused-ring (bicyclic) bond motifs is 2. The van der Waals surface area contributed by atoms with Crippen LogP contribution in [0.4, 0.5) is 5.69 Å². The maximum atomic E-state index is 12.6. The van der Waals surface area contributed by atoms with Gasteiger partial charge in [0.25, 0.3) is 5.91 Å². The van der Waals surface area contributed by atoms with E-state index < -0.39 is 22.5 Å². The van der Waals surface area contributed by atoms with Crippen LogP contribution in [0.5, 0.6) is 5.75 Å². The average molecular weight is 462 g/mol. The maximum Gasteiger partial charge on any atom is 0.260 e. The number of anilines is 1. The second-order valence-electron chi connectivity index (χ2n) is 7.49. The number of carbonyl (C=O) groups is 1. The van der Waals surface area contributed by atoms with Gasteiger partial charge in [0, 0.05) is 5.56 Å². The zero-order valence-corrected chi connectivity index (χ0v) is 19.0. The van der Waals surface area contributed by atoms with Gasteiger partial charge in [-0.05, 0) is 51.9 Å². The standard InChI is InChI=1S/C25H23N3O4S/c1-32-21-13-11-20(12-14-21)28(33(2,30)31)17-25(29)27-26-16-24-22-9-5-3-7-18(22)15-19-8-4-6-10-23(19)24/h3-16H,17H2,1-2H3,(H,27,29)/b26-16+. The molecule has 0 aliphatic carbocycles. The molecule has 8 heteroatoms. The van der Waals surface area contributed by atoms with E-state index in [0.717, 1.165) is 37.7 Å². The first-order valence-corrected chi connectivity index (χ1v) is 12.1. The monoisotopic (exact) mass is 461 g/mol. The number of hydrazone groups is 1. The summed E-state index contributed by atoms with van der Waals surface area (Å²) in [6, 6.07) is 24.4. The van der Waals surface area contributed by atoms with Crippen LogP contribution in [0.2, 0.25) is 0 Å². The fraction of sp³-hybridized carbons (Fsp3) is 0.120. The molecule has 4 aromatic carbocycles. The fourth-order valence-corrected chi connectivity index (χ4v) is 4.53. The minimum Gasteiger partial charge on any atom is -0.497 e. The van der Waals surface area contributed by atoms with Crippen molar-refractivity contribution in [2.75, 3.05) is 24.2 Å². The van der Waals surface area contributed by atoms with Gasteiger partial charge in [0.1, 0.15) is 12.3 Å². The van der Waals surface area contributed by atoms with Gasteiger partial charge in [-0.25, -0.2) is 13.8 Å². The van der Waals surface area contributed by atoms with Crippen molar-refractivity contribution < 1.29 is 17.9 Å². The number of benzene rings is 4. The molecule has 33 heavy (non-hydrogen) atoms. The van der Waals surface area contributed by atoms with E-state index >= 15 is 0 Å². The third-order valence-corrected chi connectivity index (χ3v) is 6.38. The minimum atomic E-state index is -3.69. The van der Waals surface area contributed by atoms with Crippen LogP contribution in [0.3, 0.4) is 0 Å². The van der Waals surface area contributed by atoms with E-state index in [1.165, 1.54) is 7.11 Å². The van der Waals surface area contributed by atoms with E-state index in [1.54, 1.807) is 30.5 Å². The molecule has 0 fully saturated rings. The van der Waals surface area contributed by atoms with Crippen LogP contribution in [0.1, 0.15) is 5.56 Å². The highest BCUT2D eigenvalue weighted by molar-refractivity contribution is 7.92. The lowest BCUT2D eigenvalue weighted by Gasteiger charge is -2.21. The van der Waals surface area contributed by atoms with Crippen LogP contribution in [-0.4, -0.2) is 40.4 Å². The molecule has 168 valence electrons. The van der Waals surface area contributed by atoms with Crippen molar-refractivity contribution in [1.82, 2.24) is 5.43 Å². The first-order chi connectivity index (χ1) is 15.9. The lowest BCUT2D eigenvalue weighted by molar-refractivity contribution is -0.119. The molecule has 0 radical (unpaired) electrons. The van der Waals surface area contributed by atoms with Gasteiger partial charge in [-0.2, -0.15) is 5.10 Å². The highest BCUT2D eigenvalue weighted by Crippen LogP contribution is 2.27. The van der Waals surface area contributed by atoms with Gasteiger partial charge in [-0.1, -0.05) is 48.5 Å². The smallest absolute Gasteiger partial charge is 0.260 e. The van der Waals surface area contributed by atoms with Crippen LogP contribution in [-0.2, 0) is 14.8 Å². The van der Waals surface area contributed by atoms with Crippen molar-refractivity contribution in [3.63, 3.8) is 0 Å². The number of rotatable bonds is 7. The predicted octanol–water partition coefficient (Wildman–Crippen LogP) is 3.92. The number of nitrogens with zero attached hydrogens (tertiary/aromatic N) is 2. The lowest BCUT2D eigenvalue weighted by atomic mass is 9.97. The highest BCUT2D eigenvalue weighted by Gasteiger charge is 2.20. The Morgan fingerprint density at radius 1 is 0.970 bits per heavy atom. The topological polar surface area (TPSA) is 88.1 Å². The molecule has 1 N–H and O–H groups in total. The molecule has 7 nitrogen and oxygen atoms in total. The first-order valence-electron chi connectivity index (χ1n) is 10.2. The Morgan fingerprint density at radius 2 is 1.55 bits per heavy atom. The summed E-state index contributed by atoms with van der Waals surface area (Å²) in [5.41, 5.74) is 3.69. The number of hydrogen-bond donors (Lipinski definition) is 1. The van der Waals surface area contributed by atoms with E-state index in [9.17, 15) is 13.2 Å². The molecule has 4 rings (SSSR count). The molecule has 0 heterocycles. The van der Waals surface area contributed by atoms with Crippen molar-refractivity contribution in [3.8, 4) is 5.75 Å². The Labute approximate surface area is 192 Å². The number of nitrogens with one attached hydrogen (secondary N) is 1. The van der Waals surface area contributed by atoms with Crippen LogP contribution in [0, 0.1) is 0 Å². The second-order valence-corrected chi connectivity index (χ2v) is 9.40. The van der Waals surface area contributed by atoms with Gasteiger partial charge in [0.2, 0.25) is 10.0 Å². The van der Waals surface area contributed by atoms with E-state index in [-0.39, 0.29) is 0 Å². The largest absolute Gasteiger partial charge is 0.497 e. The number of methoxy groups -OCH3 is 1.